The molecule has 3 aromatic rings. The van der Waals surface area contributed by atoms with E-state index in [1.807, 2.05) is 41.2 Å². The second kappa shape index (κ2) is 9.95. The number of aliphatic imine (C=N–C) groups is 1. The molecule has 0 atom stereocenters. The maximum atomic E-state index is 5.56. The van der Waals surface area contributed by atoms with Crippen LogP contribution in [0.1, 0.15) is 11.3 Å². The van der Waals surface area contributed by atoms with E-state index in [0.29, 0.717) is 18.4 Å². The number of oxazole rings is 1. The molecule has 8 heteroatoms. The molecule has 0 saturated heterocycles. The molecule has 0 saturated carbocycles. The van der Waals surface area contributed by atoms with Gasteiger partial charge < -0.3 is 15.1 Å². The summed E-state index contributed by atoms with van der Waals surface area (Å²) in [5.74, 6) is 1.34. The summed E-state index contributed by atoms with van der Waals surface area (Å²) in [6.07, 6.45) is 5.36. The Kier molecular flexibility index (Phi) is 7.64. The number of guanidine groups is 1. The molecule has 0 bridgehead atoms. The highest BCUT2D eigenvalue weighted by molar-refractivity contribution is 14.0. The normalized spacial score (nSPS) is 11.1. The molecule has 26 heavy (non-hydrogen) atoms. The lowest BCUT2D eigenvalue weighted by molar-refractivity contribution is 0.571. The Labute approximate surface area is 169 Å². The largest absolute Gasteiger partial charge is 0.444 e. The summed E-state index contributed by atoms with van der Waals surface area (Å²) >= 11 is 0. The lowest BCUT2D eigenvalue weighted by Gasteiger charge is -2.10. The highest BCUT2D eigenvalue weighted by Gasteiger charge is 2.07. The molecule has 2 aromatic heterocycles. The summed E-state index contributed by atoms with van der Waals surface area (Å²) in [7, 11) is 1.74. The molecule has 7 nitrogen and oxygen atoms in total. The van der Waals surface area contributed by atoms with Crippen LogP contribution in [-0.2, 0) is 13.1 Å². The lowest BCUT2D eigenvalue weighted by Crippen LogP contribution is -2.38. The fourth-order valence-corrected chi connectivity index (χ4v) is 2.33. The van der Waals surface area contributed by atoms with Gasteiger partial charge in [-0.3, -0.25) is 9.67 Å². The van der Waals surface area contributed by atoms with Crippen LogP contribution in [0.15, 0.2) is 58.4 Å². The van der Waals surface area contributed by atoms with Gasteiger partial charge in [-0.05, 0) is 25.1 Å². The van der Waals surface area contributed by atoms with Crippen molar-refractivity contribution >= 4 is 29.9 Å². The number of nitrogens with zero attached hydrogens (tertiary/aromatic N) is 4. The van der Waals surface area contributed by atoms with Crippen molar-refractivity contribution in [1.29, 1.82) is 0 Å². The first-order valence-electron chi connectivity index (χ1n) is 8.18. The zero-order valence-electron chi connectivity index (χ0n) is 14.8. The van der Waals surface area contributed by atoms with Crippen molar-refractivity contribution in [2.45, 2.75) is 20.0 Å². The van der Waals surface area contributed by atoms with Crippen molar-refractivity contribution in [3.8, 4) is 11.5 Å². The number of aryl methyl sites for hydroxylation is 1. The predicted octanol–water partition coefficient (Wildman–Crippen LogP) is 2.83. The Hall–Kier alpha value is -2.36. The minimum absolute atomic E-state index is 0. The van der Waals surface area contributed by atoms with E-state index in [0.717, 1.165) is 24.3 Å². The van der Waals surface area contributed by atoms with Gasteiger partial charge in [0.1, 0.15) is 6.26 Å². The van der Waals surface area contributed by atoms with Crippen LogP contribution in [-0.4, -0.2) is 34.3 Å². The van der Waals surface area contributed by atoms with Gasteiger partial charge in [-0.25, -0.2) is 4.98 Å². The predicted molar refractivity (Wildman–Crippen MR) is 113 cm³/mol. The molecular formula is C18H23IN6O. The highest BCUT2D eigenvalue weighted by Crippen LogP contribution is 2.18. The molecule has 0 fully saturated rings. The van der Waals surface area contributed by atoms with Crippen molar-refractivity contribution in [2.75, 3.05) is 13.6 Å². The summed E-state index contributed by atoms with van der Waals surface area (Å²) in [5.41, 5.74) is 3.01. The average Bonchev–Trinajstić information content (AvgIpc) is 3.30. The van der Waals surface area contributed by atoms with Gasteiger partial charge in [-0.1, -0.05) is 17.7 Å². The first-order valence-corrected chi connectivity index (χ1v) is 8.18. The van der Waals surface area contributed by atoms with E-state index in [1.165, 1.54) is 5.56 Å². The lowest BCUT2D eigenvalue weighted by atomic mass is 10.1. The monoisotopic (exact) mass is 466 g/mol. The number of rotatable bonds is 6. The van der Waals surface area contributed by atoms with Crippen molar-refractivity contribution in [2.24, 2.45) is 4.99 Å². The van der Waals surface area contributed by atoms with E-state index in [2.05, 4.69) is 32.6 Å². The molecule has 0 aliphatic carbocycles. The first kappa shape index (κ1) is 20.0. The Morgan fingerprint density at radius 3 is 2.73 bits per heavy atom. The molecular weight excluding hydrogens is 443 g/mol. The third-order valence-electron chi connectivity index (χ3n) is 3.70. The number of aromatic nitrogens is 3. The van der Waals surface area contributed by atoms with Crippen LogP contribution in [0.25, 0.3) is 11.5 Å². The van der Waals surface area contributed by atoms with Gasteiger partial charge in [-0.2, -0.15) is 5.10 Å². The molecule has 0 spiro atoms. The van der Waals surface area contributed by atoms with Gasteiger partial charge in [-0.15, -0.1) is 24.0 Å². The smallest absolute Gasteiger partial charge is 0.226 e. The summed E-state index contributed by atoms with van der Waals surface area (Å²) in [6, 6.07) is 10.0. The van der Waals surface area contributed by atoms with Crippen molar-refractivity contribution in [3.05, 3.63) is 60.2 Å². The van der Waals surface area contributed by atoms with Crippen LogP contribution in [0, 0.1) is 6.92 Å². The summed E-state index contributed by atoms with van der Waals surface area (Å²) in [4.78, 5) is 8.71. The van der Waals surface area contributed by atoms with Crippen LogP contribution in [0.5, 0.6) is 0 Å². The second-order valence-electron chi connectivity index (χ2n) is 5.63. The minimum Gasteiger partial charge on any atom is -0.444 e. The van der Waals surface area contributed by atoms with Crippen LogP contribution < -0.4 is 10.6 Å². The van der Waals surface area contributed by atoms with Crippen LogP contribution in [0.2, 0.25) is 0 Å². The molecule has 3 rings (SSSR count). The summed E-state index contributed by atoms with van der Waals surface area (Å²) in [6.45, 7) is 4.10. The molecule has 0 amide bonds. The van der Waals surface area contributed by atoms with Gasteiger partial charge in [0.25, 0.3) is 0 Å². The molecule has 1 aromatic carbocycles. The van der Waals surface area contributed by atoms with Gasteiger partial charge in [0, 0.05) is 31.5 Å². The first-order chi connectivity index (χ1) is 12.2. The van der Waals surface area contributed by atoms with Gasteiger partial charge in [0.05, 0.1) is 18.8 Å². The van der Waals surface area contributed by atoms with Gasteiger partial charge in [0.15, 0.2) is 5.96 Å². The van der Waals surface area contributed by atoms with Crippen molar-refractivity contribution in [1.82, 2.24) is 25.4 Å². The quantitative estimate of drug-likeness (QED) is 0.332. The average molecular weight is 466 g/mol. The van der Waals surface area contributed by atoms with E-state index in [4.69, 9.17) is 4.42 Å². The fraction of sp³-hybridized carbons (Fsp3) is 0.278. The third kappa shape index (κ3) is 5.58. The number of nitrogens with one attached hydrogen (secondary N) is 2. The Balaban J connectivity index is 0.00000243. The van der Waals surface area contributed by atoms with Gasteiger partial charge >= 0.3 is 0 Å². The number of halogens is 1. The van der Waals surface area contributed by atoms with Gasteiger partial charge in [0.2, 0.25) is 5.89 Å². The highest BCUT2D eigenvalue weighted by atomic mass is 127. The molecule has 2 heterocycles. The van der Waals surface area contributed by atoms with Crippen LogP contribution in [0.4, 0.5) is 0 Å². The Morgan fingerprint density at radius 2 is 2.04 bits per heavy atom. The third-order valence-corrected chi connectivity index (χ3v) is 3.70. The topological polar surface area (TPSA) is 80.3 Å². The SMILES string of the molecule is CN=C(NCCn1cccn1)NCc1coc(-c2ccc(C)cc2)n1.I. The molecule has 0 aliphatic heterocycles. The van der Waals surface area contributed by atoms with E-state index >= 15 is 0 Å². The van der Waals surface area contributed by atoms with E-state index in [-0.39, 0.29) is 24.0 Å². The summed E-state index contributed by atoms with van der Waals surface area (Å²) < 4.78 is 7.43. The molecule has 0 radical (unpaired) electrons. The Bertz CT molecular complexity index is 811. The minimum atomic E-state index is 0. The summed E-state index contributed by atoms with van der Waals surface area (Å²) in [5, 5.41) is 10.6. The second-order valence-corrected chi connectivity index (χ2v) is 5.63. The van der Waals surface area contributed by atoms with E-state index < -0.39 is 0 Å². The van der Waals surface area contributed by atoms with E-state index in [1.54, 1.807) is 19.5 Å². The van der Waals surface area contributed by atoms with Crippen molar-refractivity contribution in [3.63, 3.8) is 0 Å². The molecule has 138 valence electrons. The van der Waals surface area contributed by atoms with Crippen LogP contribution >= 0.6 is 24.0 Å². The standard InChI is InChI=1S/C18H22N6O.HI/c1-14-4-6-15(7-5-14)17-23-16(13-25-17)12-21-18(19-2)20-9-11-24-10-3-8-22-24;/h3-8,10,13H,9,11-12H2,1-2H3,(H2,19,20,21);1H. The number of benzene rings is 1. The molecule has 2 N–H and O–H groups in total. The van der Waals surface area contributed by atoms with Crippen LogP contribution in [0.3, 0.4) is 0 Å². The fourth-order valence-electron chi connectivity index (χ4n) is 2.33. The maximum absolute atomic E-state index is 5.56. The van der Waals surface area contributed by atoms with Crippen molar-refractivity contribution < 1.29 is 4.42 Å². The zero-order valence-corrected chi connectivity index (χ0v) is 17.2. The number of hydrogen-bond acceptors (Lipinski definition) is 4. The molecule has 0 unspecified atom stereocenters. The molecule has 0 aliphatic rings. The Morgan fingerprint density at radius 1 is 1.23 bits per heavy atom. The van der Waals surface area contributed by atoms with E-state index in [9.17, 15) is 0 Å². The maximum Gasteiger partial charge on any atom is 0.226 e. The zero-order chi connectivity index (χ0) is 17.5. The number of hydrogen-bond donors (Lipinski definition) is 2.